The second-order valence-corrected chi connectivity index (χ2v) is 4.90. The Kier molecular flexibility index (Phi) is 5.88. The molecular formula is C14H21FN2O3. The summed E-state index contributed by atoms with van der Waals surface area (Å²) in [5, 5.41) is 23.8. The monoisotopic (exact) mass is 284 g/mol. The van der Waals surface area contributed by atoms with Gasteiger partial charge in [0.05, 0.1) is 17.1 Å². The Morgan fingerprint density at radius 3 is 2.50 bits per heavy atom. The van der Waals surface area contributed by atoms with Crippen molar-refractivity contribution in [3.63, 3.8) is 0 Å². The number of benzene rings is 1. The zero-order valence-electron chi connectivity index (χ0n) is 12.0. The fraction of sp³-hybridized carbons (Fsp3) is 0.571. The molecule has 1 aromatic carbocycles. The minimum absolute atomic E-state index is 0.142. The number of nitro benzene ring substituents is 1. The number of halogens is 1. The molecule has 0 radical (unpaired) electrons. The van der Waals surface area contributed by atoms with Crippen LogP contribution in [0.15, 0.2) is 12.1 Å². The van der Waals surface area contributed by atoms with E-state index in [4.69, 9.17) is 0 Å². The summed E-state index contributed by atoms with van der Waals surface area (Å²) in [7, 11) is 0. The molecule has 0 fully saturated rings. The molecule has 0 spiro atoms. The molecule has 0 aliphatic carbocycles. The zero-order chi connectivity index (χ0) is 15.3. The molecule has 0 saturated heterocycles. The lowest BCUT2D eigenvalue weighted by molar-refractivity contribution is -0.384. The van der Waals surface area contributed by atoms with Gasteiger partial charge < -0.3 is 10.4 Å². The highest BCUT2D eigenvalue weighted by Gasteiger charge is 2.20. The third-order valence-electron chi connectivity index (χ3n) is 3.57. The fourth-order valence-electron chi connectivity index (χ4n) is 2.18. The predicted octanol–water partition coefficient (Wildman–Crippen LogP) is 3.25. The van der Waals surface area contributed by atoms with Crippen LogP contribution in [0.5, 0.6) is 0 Å². The largest absolute Gasteiger partial charge is 0.391 e. The van der Waals surface area contributed by atoms with Gasteiger partial charge >= 0.3 is 0 Å². The molecule has 0 bridgehead atoms. The van der Waals surface area contributed by atoms with Gasteiger partial charge in [0.25, 0.3) is 5.69 Å². The Labute approximate surface area is 118 Å². The summed E-state index contributed by atoms with van der Waals surface area (Å²) >= 11 is 0. The van der Waals surface area contributed by atoms with Crippen molar-refractivity contribution < 1.29 is 14.4 Å². The maximum Gasteiger partial charge on any atom is 0.295 e. The van der Waals surface area contributed by atoms with Crippen molar-refractivity contribution in [2.45, 2.75) is 39.7 Å². The first-order valence-electron chi connectivity index (χ1n) is 6.77. The molecule has 1 rings (SSSR count). The number of nitrogens with zero attached hydrogens (tertiary/aromatic N) is 1. The lowest BCUT2D eigenvalue weighted by atomic mass is 9.96. The number of rotatable bonds is 7. The molecule has 0 heterocycles. The maximum atomic E-state index is 13.4. The molecule has 0 aliphatic rings. The number of anilines is 1. The number of nitro groups is 1. The first-order valence-corrected chi connectivity index (χ1v) is 6.77. The third kappa shape index (κ3) is 3.90. The van der Waals surface area contributed by atoms with Gasteiger partial charge in [-0.3, -0.25) is 10.1 Å². The maximum absolute atomic E-state index is 13.4. The van der Waals surface area contributed by atoms with Crippen LogP contribution in [-0.2, 0) is 0 Å². The van der Waals surface area contributed by atoms with Crippen LogP contribution in [0, 0.1) is 28.8 Å². The van der Waals surface area contributed by atoms with Gasteiger partial charge in [0.15, 0.2) is 0 Å². The van der Waals surface area contributed by atoms with E-state index in [9.17, 15) is 19.6 Å². The van der Waals surface area contributed by atoms with Crippen molar-refractivity contribution in [1.82, 2.24) is 0 Å². The van der Waals surface area contributed by atoms with E-state index in [1.54, 1.807) is 6.92 Å². The highest BCUT2D eigenvalue weighted by molar-refractivity contribution is 5.63. The molecule has 0 aliphatic heterocycles. The average molecular weight is 284 g/mol. The molecular weight excluding hydrogens is 263 g/mol. The van der Waals surface area contributed by atoms with Gasteiger partial charge in [-0.25, -0.2) is 4.39 Å². The van der Waals surface area contributed by atoms with Crippen molar-refractivity contribution in [3.05, 3.63) is 33.6 Å². The van der Waals surface area contributed by atoms with Gasteiger partial charge in [-0.15, -0.1) is 0 Å². The van der Waals surface area contributed by atoms with Gasteiger partial charge in [-0.1, -0.05) is 26.7 Å². The topological polar surface area (TPSA) is 75.4 Å². The minimum atomic E-state index is -0.631. The standard InChI is InChI=1S/C14H21FN2O3/c1-4-10(5-2)14(18)8-16-12-6-9(3)11(15)7-13(12)17(19)20/h6-7,10,14,16,18H,4-5,8H2,1-3H3. The molecule has 1 atom stereocenters. The van der Waals surface area contributed by atoms with E-state index in [0.717, 1.165) is 18.9 Å². The second kappa shape index (κ2) is 7.19. The van der Waals surface area contributed by atoms with Crippen LogP contribution in [0.4, 0.5) is 15.8 Å². The highest BCUT2D eigenvalue weighted by Crippen LogP contribution is 2.27. The van der Waals surface area contributed by atoms with E-state index >= 15 is 0 Å². The van der Waals surface area contributed by atoms with Crippen LogP contribution in [0.1, 0.15) is 32.3 Å². The van der Waals surface area contributed by atoms with Crippen LogP contribution in [0.2, 0.25) is 0 Å². The normalized spacial score (nSPS) is 12.5. The Balaban J connectivity index is 2.87. The van der Waals surface area contributed by atoms with Crippen LogP contribution < -0.4 is 5.32 Å². The van der Waals surface area contributed by atoms with E-state index in [2.05, 4.69) is 5.32 Å². The Bertz CT molecular complexity index is 476. The molecule has 0 amide bonds. The summed E-state index contributed by atoms with van der Waals surface area (Å²) in [6, 6.07) is 2.30. The number of hydrogen-bond acceptors (Lipinski definition) is 4. The molecule has 1 aromatic rings. The summed E-state index contributed by atoms with van der Waals surface area (Å²) in [6.45, 7) is 5.73. The Morgan fingerprint density at radius 2 is 2.00 bits per heavy atom. The molecule has 1 unspecified atom stereocenters. The van der Waals surface area contributed by atoms with Crippen LogP contribution in [-0.4, -0.2) is 22.7 Å². The van der Waals surface area contributed by atoms with E-state index in [0.29, 0.717) is 5.56 Å². The van der Waals surface area contributed by atoms with Crippen molar-refractivity contribution in [3.8, 4) is 0 Å². The molecule has 6 heteroatoms. The molecule has 0 saturated carbocycles. The van der Waals surface area contributed by atoms with Crippen molar-refractivity contribution >= 4 is 11.4 Å². The lowest BCUT2D eigenvalue weighted by Crippen LogP contribution is -2.27. The van der Waals surface area contributed by atoms with E-state index < -0.39 is 16.8 Å². The molecule has 20 heavy (non-hydrogen) atoms. The zero-order valence-corrected chi connectivity index (χ0v) is 12.0. The van der Waals surface area contributed by atoms with Crippen LogP contribution in [0.25, 0.3) is 0 Å². The highest BCUT2D eigenvalue weighted by atomic mass is 19.1. The smallest absolute Gasteiger partial charge is 0.295 e. The molecule has 112 valence electrons. The Morgan fingerprint density at radius 1 is 1.40 bits per heavy atom. The number of aliphatic hydroxyl groups is 1. The summed E-state index contributed by atoms with van der Waals surface area (Å²) < 4.78 is 13.4. The summed E-state index contributed by atoms with van der Waals surface area (Å²) in [6.07, 6.45) is 1.09. The van der Waals surface area contributed by atoms with Gasteiger partial charge in [0.1, 0.15) is 11.5 Å². The minimum Gasteiger partial charge on any atom is -0.391 e. The number of hydrogen-bond donors (Lipinski definition) is 2. The summed E-state index contributed by atoms with van der Waals surface area (Å²) in [5.74, 6) is -0.467. The fourth-order valence-corrected chi connectivity index (χ4v) is 2.18. The van der Waals surface area contributed by atoms with Crippen LogP contribution in [0.3, 0.4) is 0 Å². The number of aryl methyl sites for hydroxylation is 1. The van der Waals surface area contributed by atoms with Gasteiger partial charge in [0, 0.05) is 6.54 Å². The lowest BCUT2D eigenvalue weighted by Gasteiger charge is -2.21. The first kappa shape index (κ1) is 16.4. The van der Waals surface area contributed by atoms with Gasteiger partial charge in [-0.05, 0) is 24.5 Å². The third-order valence-corrected chi connectivity index (χ3v) is 3.57. The quantitative estimate of drug-likeness (QED) is 0.595. The second-order valence-electron chi connectivity index (χ2n) is 4.90. The number of aliphatic hydroxyl groups excluding tert-OH is 1. The van der Waals surface area contributed by atoms with Gasteiger partial charge in [-0.2, -0.15) is 0 Å². The van der Waals surface area contributed by atoms with Crippen molar-refractivity contribution in [2.24, 2.45) is 5.92 Å². The SMILES string of the molecule is CCC(CC)C(O)CNc1cc(C)c(F)cc1[N+](=O)[O-]. The van der Waals surface area contributed by atoms with Gasteiger partial charge in [0.2, 0.25) is 0 Å². The molecule has 0 aromatic heterocycles. The van der Waals surface area contributed by atoms with Crippen molar-refractivity contribution in [1.29, 1.82) is 0 Å². The summed E-state index contributed by atoms with van der Waals surface area (Å²) in [4.78, 5) is 10.3. The van der Waals surface area contributed by atoms with E-state index in [-0.39, 0.29) is 23.8 Å². The predicted molar refractivity (Wildman–Crippen MR) is 76.4 cm³/mol. The Hall–Kier alpha value is -1.69. The first-order chi connectivity index (χ1) is 9.40. The van der Waals surface area contributed by atoms with E-state index in [1.165, 1.54) is 6.07 Å². The van der Waals surface area contributed by atoms with E-state index in [1.807, 2.05) is 13.8 Å². The average Bonchev–Trinajstić information content (AvgIpc) is 2.40. The van der Waals surface area contributed by atoms with Crippen LogP contribution >= 0.6 is 0 Å². The summed E-state index contributed by atoms with van der Waals surface area (Å²) in [5.41, 5.74) is 0.249. The number of nitrogens with one attached hydrogen (secondary N) is 1. The molecule has 5 nitrogen and oxygen atoms in total. The molecule has 2 N–H and O–H groups in total. The van der Waals surface area contributed by atoms with Crippen molar-refractivity contribution in [2.75, 3.05) is 11.9 Å².